The molecule has 1 amide bonds. The van der Waals surface area contributed by atoms with Gasteiger partial charge in [0.2, 0.25) is 5.91 Å². The second kappa shape index (κ2) is 5.26. The zero-order valence-electron chi connectivity index (χ0n) is 11.8. The fourth-order valence-electron chi connectivity index (χ4n) is 2.04. The van der Waals surface area contributed by atoms with E-state index in [1.807, 2.05) is 37.4 Å². The first-order valence-electron chi connectivity index (χ1n) is 6.33. The topological polar surface area (TPSA) is 38.1 Å². The van der Waals surface area contributed by atoms with Crippen LogP contribution in [-0.4, -0.2) is 34.7 Å². The number of carbonyl (C=O) groups excluding carboxylic acids is 1. The molecule has 1 aromatic carbocycles. The molecular weight excluding hydrogens is 238 g/mol. The highest BCUT2D eigenvalue weighted by atomic mass is 16.2. The van der Waals surface area contributed by atoms with Crippen LogP contribution in [-0.2, 0) is 4.79 Å². The Morgan fingerprint density at radius 2 is 1.95 bits per heavy atom. The maximum Gasteiger partial charge on any atom is 0.246 e. The maximum absolute atomic E-state index is 11.9. The van der Waals surface area contributed by atoms with Gasteiger partial charge in [0.1, 0.15) is 6.04 Å². The van der Waals surface area contributed by atoms with Gasteiger partial charge in [-0.05, 0) is 25.5 Å². The minimum absolute atomic E-state index is 0.0411. The van der Waals surface area contributed by atoms with Crippen molar-refractivity contribution in [2.45, 2.75) is 19.9 Å². The molecule has 4 heteroatoms. The quantitative estimate of drug-likeness (QED) is 0.847. The van der Waals surface area contributed by atoms with Crippen molar-refractivity contribution >= 4 is 5.91 Å². The predicted molar refractivity (Wildman–Crippen MR) is 75.8 cm³/mol. The summed E-state index contributed by atoms with van der Waals surface area (Å²) in [5, 5.41) is 4.51. The summed E-state index contributed by atoms with van der Waals surface area (Å²) in [7, 11) is 3.51. The molecule has 0 N–H and O–H groups in total. The van der Waals surface area contributed by atoms with E-state index in [9.17, 15) is 4.79 Å². The molecule has 0 aliphatic carbocycles. The molecule has 1 aromatic heterocycles. The summed E-state index contributed by atoms with van der Waals surface area (Å²) >= 11 is 0. The van der Waals surface area contributed by atoms with Crippen LogP contribution in [0, 0.1) is 6.92 Å². The molecule has 1 unspecified atom stereocenters. The van der Waals surface area contributed by atoms with Crippen molar-refractivity contribution in [3.8, 4) is 11.3 Å². The van der Waals surface area contributed by atoms with Crippen molar-refractivity contribution in [2.75, 3.05) is 14.1 Å². The second-order valence-electron chi connectivity index (χ2n) is 4.90. The van der Waals surface area contributed by atoms with E-state index in [1.165, 1.54) is 5.56 Å². The molecule has 0 spiro atoms. The maximum atomic E-state index is 11.9. The Morgan fingerprint density at radius 3 is 2.58 bits per heavy atom. The highest BCUT2D eigenvalue weighted by Crippen LogP contribution is 2.22. The molecule has 0 bridgehead atoms. The van der Waals surface area contributed by atoms with E-state index in [0.29, 0.717) is 0 Å². The number of benzene rings is 1. The van der Waals surface area contributed by atoms with Gasteiger partial charge in [0, 0.05) is 25.9 Å². The van der Waals surface area contributed by atoms with Crippen LogP contribution in [0.2, 0.25) is 0 Å². The molecule has 0 aliphatic heterocycles. The lowest BCUT2D eigenvalue weighted by atomic mass is 10.1. The summed E-state index contributed by atoms with van der Waals surface area (Å²) in [6, 6.07) is 9.77. The molecule has 4 nitrogen and oxygen atoms in total. The van der Waals surface area contributed by atoms with E-state index < -0.39 is 0 Å². The average molecular weight is 257 g/mol. The summed E-state index contributed by atoms with van der Waals surface area (Å²) in [5.41, 5.74) is 3.18. The normalized spacial score (nSPS) is 12.2. The Hall–Kier alpha value is -2.10. The van der Waals surface area contributed by atoms with Crippen LogP contribution in [0.4, 0.5) is 0 Å². The second-order valence-corrected chi connectivity index (χ2v) is 4.90. The Bertz CT molecular complexity index is 587. The number of aromatic nitrogens is 2. The summed E-state index contributed by atoms with van der Waals surface area (Å²) < 4.78 is 1.71. The molecule has 0 saturated heterocycles. The van der Waals surface area contributed by atoms with Crippen molar-refractivity contribution < 1.29 is 4.79 Å². The van der Waals surface area contributed by atoms with E-state index in [2.05, 4.69) is 18.1 Å². The zero-order valence-corrected chi connectivity index (χ0v) is 11.8. The molecule has 1 atom stereocenters. The van der Waals surface area contributed by atoms with Crippen molar-refractivity contribution in [1.29, 1.82) is 0 Å². The standard InChI is InChI=1S/C15H19N3O/c1-11-7-5-6-8-13(11)14-9-10-18(16-14)12(2)15(19)17(3)4/h5-10,12H,1-4H3. The number of rotatable bonds is 3. The molecular formula is C15H19N3O. The molecule has 1 heterocycles. The van der Waals surface area contributed by atoms with Gasteiger partial charge in [0.25, 0.3) is 0 Å². The van der Waals surface area contributed by atoms with E-state index in [4.69, 9.17) is 0 Å². The average Bonchev–Trinajstić information content (AvgIpc) is 2.86. The SMILES string of the molecule is Cc1ccccc1-c1ccn(C(C)C(=O)N(C)C)n1. The highest BCUT2D eigenvalue weighted by molar-refractivity contribution is 5.79. The number of hydrogen-bond donors (Lipinski definition) is 0. The van der Waals surface area contributed by atoms with Crippen molar-refractivity contribution in [3.63, 3.8) is 0 Å². The summed E-state index contributed by atoms with van der Waals surface area (Å²) in [4.78, 5) is 13.5. The predicted octanol–water partition coefficient (Wildman–Crippen LogP) is 2.51. The molecule has 0 saturated carbocycles. The number of aryl methyl sites for hydroxylation is 1. The largest absolute Gasteiger partial charge is 0.347 e. The summed E-state index contributed by atoms with van der Waals surface area (Å²) in [5.74, 6) is 0.0411. The zero-order chi connectivity index (χ0) is 14.0. The van der Waals surface area contributed by atoms with Gasteiger partial charge >= 0.3 is 0 Å². The van der Waals surface area contributed by atoms with E-state index in [-0.39, 0.29) is 11.9 Å². The minimum Gasteiger partial charge on any atom is -0.347 e. The van der Waals surface area contributed by atoms with Crippen LogP contribution < -0.4 is 0 Å². The first-order chi connectivity index (χ1) is 9.00. The third-order valence-corrected chi connectivity index (χ3v) is 3.22. The van der Waals surface area contributed by atoms with Gasteiger partial charge in [-0.25, -0.2) is 0 Å². The smallest absolute Gasteiger partial charge is 0.246 e. The van der Waals surface area contributed by atoms with Gasteiger partial charge in [-0.3, -0.25) is 9.48 Å². The van der Waals surface area contributed by atoms with Crippen molar-refractivity contribution in [3.05, 3.63) is 42.1 Å². The number of carbonyl (C=O) groups is 1. The molecule has 0 fully saturated rings. The van der Waals surface area contributed by atoms with Crippen LogP contribution in [0.1, 0.15) is 18.5 Å². The number of amides is 1. The first kappa shape index (κ1) is 13.3. The van der Waals surface area contributed by atoms with Crippen LogP contribution in [0.25, 0.3) is 11.3 Å². The molecule has 19 heavy (non-hydrogen) atoms. The Labute approximate surface area is 113 Å². The van der Waals surface area contributed by atoms with Crippen LogP contribution in [0.5, 0.6) is 0 Å². The van der Waals surface area contributed by atoms with E-state index in [0.717, 1.165) is 11.3 Å². The number of likely N-dealkylation sites (N-methyl/N-ethyl adjacent to an activating group) is 1. The first-order valence-corrected chi connectivity index (χ1v) is 6.33. The van der Waals surface area contributed by atoms with E-state index >= 15 is 0 Å². The fraction of sp³-hybridized carbons (Fsp3) is 0.333. The Balaban J connectivity index is 2.30. The lowest BCUT2D eigenvalue weighted by molar-refractivity contribution is -0.131. The lowest BCUT2D eigenvalue weighted by Crippen LogP contribution is -2.30. The molecule has 2 aromatic rings. The van der Waals surface area contributed by atoms with Crippen molar-refractivity contribution in [1.82, 2.24) is 14.7 Å². The van der Waals surface area contributed by atoms with Gasteiger partial charge in [-0.15, -0.1) is 0 Å². The third kappa shape index (κ3) is 2.67. The molecule has 2 rings (SSSR count). The van der Waals surface area contributed by atoms with Crippen LogP contribution >= 0.6 is 0 Å². The minimum atomic E-state index is -0.284. The van der Waals surface area contributed by atoms with Gasteiger partial charge in [0.15, 0.2) is 0 Å². The van der Waals surface area contributed by atoms with Gasteiger partial charge in [-0.1, -0.05) is 24.3 Å². The van der Waals surface area contributed by atoms with Crippen molar-refractivity contribution in [2.24, 2.45) is 0 Å². The van der Waals surface area contributed by atoms with Gasteiger partial charge in [0.05, 0.1) is 5.69 Å². The molecule has 0 radical (unpaired) electrons. The lowest BCUT2D eigenvalue weighted by Gasteiger charge is -2.16. The Kier molecular flexibility index (Phi) is 3.69. The highest BCUT2D eigenvalue weighted by Gasteiger charge is 2.18. The monoisotopic (exact) mass is 257 g/mol. The fourth-order valence-corrected chi connectivity index (χ4v) is 2.04. The third-order valence-electron chi connectivity index (χ3n) is 3.22. The van der Waals surface area contributed by atoms with Crippen LogP contribution in [0.3, 0.4) is 0 Å². The summed E-state index contributed by atoms with van der Waals surface area (Å²) in [6.45, 7) is 3.92. The van der Waals surface area contributed by atoms with Gasteiger partial charge in [-0.2, -0.15) is 5.10 Å². The Morgan fingerprint density at radius 1 is 1.26 bits per heavy atom. The van der Waals surface area contributed by atoms with Gasteiger partial charge < -0.3 is 4.90 Å². The number of nitrogens with zero attached hydrogens (tertiary/aromatic N) is 3. The van der Waals surface area contributed by atoms with E-state index in [1.54, 1.807) is 23.7 Å². The van der Waals surface area contributed by atoms with Crippen LogP contribution in [0.15, 0.2) is 36.5 Å². The molecule has 0 aliphatic rings. The summed E-state index contributed by atoms with van der Waals surface area (Å²) in [6.07, 6.45) is 1.86. The molecule has 100 valence electrons. The number of hydrogen-bond acceptors (Lipinski definition) is 2.